The average molecular weight is 264 g/mol. The van der Waals surface area contributed by atoms with Gasteiger partial charge in [0, 0.05) is 12.6 Å². The molecule has 1 N–H and O–H groups in total. The Hall–Kier alpha value is -1.75. The largest absolute Gasteiger partial charge is 0.497 e. The summed E-state index contributed by atoms with van der Waals surface area (Å²) >= 11 is 0. The SMILES string of the molecule is COc1ccc(OC)c(NC(=O)C2CCN(C)C2)c1. The first-order valence-corrected chi connectivity index (χ1v) is 6.35. The zero-order valence-electron chi connectivity index (χ0n) is 11.6. The monoisotopic (exact) mass is 264 g/mol. The Morgan fingerprint density at radius 3 is 2.74 bits per heavy atom. The zero-order valence-corrected chi connectivity index (χ0v) is 11.6. The van der Waals surface area contributed by atoms with E-state index in [0.29, 0.717) is 17.2 Å². The predicted molar refractivity (Wildman–Crippen MR) is 73.8 cm³/mol. The lowest BCUT2D eigenvalue weighted by molar-refractivity contribution is -0.119. The third-order valence-corrected chi connectivity index (χ3v) is 3.43. The topological polar surface area (TPSA) is 50.8 Å². The van der Waals surface area contributed by atoms with Gasteiger partial charge in [0.1, 0.15) is 11.5 Å². The number of amides is 1. The molecule has 19 heavy (non-hydrogen) atoms. The van der Waals surface area contributed by atoms with Crippen LogP contribution < -0.4 is 14.8 Å². The van der Waals surface area contributed by atoms with Crippen molar-refractivity contribution in [3.8, 4) is 11.5 Å². The van der Waals surface area contributed by atoms with Crippen molar-refractivity contribution in [2.24, 2.45) is 5.92 Å². The number of benzene rings is 1. The van der Waals surface area contributed by atoms with Gasteiger partial charge in [-0.15, -0.1) is 0 Å². The number of likely N-dealkylation sites (tertiary alicyclic amines) is 1. The molecule has 2 rings (SSSR count). The number of nitrogens with one attached hydrogen (secondary N) is 1. The number of anilines is 1. The van der Waals surface area contributed by atoms with E-state index < -0.39 is 0 Å². The van der Waals surface area contributed by atoms with Crippen molar-refractivity contribution in [2.45, 2.75) is 6.42 Å². The lowest BCUT2D eigenvalue weighted by Gasteiger charge is -2.14. The van der Waals surface area contributed by atoms with Crippen LogP contribution in [0, 0.1) is 5.92 Å². The van der Waals surface area contributed by atoms with Gasteiger partial charge in [-0.25, -0.2) is 0 Å². The number of carbonyl (C=O) groups is 1. The molecule has 1 atom stereocenters. The molecule has 0 saturated carbocycles. The number of hydrogen-bond acceptors (Lipinski definition) is 4. The van der Waals surface area contributed by atoms with Crippen LogP contribution in [0.1, 0.15) is 6.42 Å². The van der Waals surface area contributed by atoms with Crippen molar-refractivity contribution in [2.75, 3.05) is 39.7 Å². The van der Waals surface area contributed by atoms with Crippen LogP contribution in [-0.4, -0.2) is 45.2 Å². The first kappa shape index (κ1) is 13.7. The molecule has 5 heteroatoms. The van der Waals surface area contributed by atoms with Gasteiger partial charge in [0.05, 0.1) is 25.8 Å². The van der Waals surface area contributed by atoms with Crippen molar-refractivity contribution in [3.05, 3.63) is 18.2 Å². The van der Waals surface area contributed by atoms with E-state index in [1.54, 1.807) is 32.4 Å². The summed E-state index contributed by atoms with van der Waals surface area (Å²) in [6, 6.07) is 5.36. The second kappa shape index (κ2) is 5.93. The van der Waals surface area contributed by atoms with Gasteiger partial charge in [-0.3, -0.25) is 4.79 Å². The number of methoxy groups -OCH3 is 2. The van der Waals surface area contributed by atoms with E-state index in [4.69, 9.17) is 9.47 Å². The molecular weight excluding hydrogens is 244 g/mol. The second-order valence-corrected chi connectivity index (χ2v) is 4.80. The van der Waals surface area contributed by atoms with Crippen LogP contribution in [0.4, 0.5) is 5.69 Å². The summed E-state index contributed by atoms with van der Waals surface area (Å²) in [5.74, 6) is 1.41. The number of ether oxygens (including phenoxy) is 2. The number of hydrogen-bond donors (Lipinski definition) is 1. The zero-order chi connectivity index (χ0) is 13.8. The molecule has 1 saturated heterocycles. The molecule has 0 aromatic heterocycles. The Bertz CT molecular complexity index is 462. The molecule has 0 aliphatic carbocycles. The highest BCUT2D eigenvalue weighted by Crippen LogP contribution is 2.29. The van der Waals surface area contributed by atoms with E-state index in [0.717, 1.165) is 19.5 Å². The van der Waals surface area contributed by atoms with Gasteiger partial charge >= 0.3 is 0 Å². The molecule has 5 nitrogen and oxygen atoms in total. The number of rotatable bonds is 4. The molecule has 1 amide bonds. The molecule has 1 unspecified atom stereocenters. The molecule has 1 aromatic carbocycles. The molecule has 1 aromatic rings. The third-order valence-electron chi connectivity index (χ3n) is 3.43. The molecule has 104 valence electrons. The minimum atomic E-state index is 0.0379. The molecule has 1 fully saturated rings. The molecule has 0 bridgehead atoms. The van der Waals surface area contributed by atoms with Gasteiger partial charge in [0.15, 0.2) is 0 Å². The Morgan fingerprint density at radius 1 is 1.37 bits per heavy atom. The quantitative estimate of drug-likeness (QED) is 0.897. The summed E-state index contributed by atoms with van der Waals surface area (Å²) in [4.78, 5) is 14.4. The highest BCUT2D eigenvalue weighted by Gasteiger charge is 2.26. The predicted octanol–water partition coefficient (Wildman–Crippen LogP) is 1.59. The summed E-state index contributed by atoms with van der Waals surface area (Å²) in [6.07, 6.45) is 0.897. The maximum absolute atomic E-state index is 12.2. The van der Waals surface area contributed by atoms with Crippen LogP contribution in [-0.2, 0) is 4.79 Å². The summed E-state index contributed by atoms with van der Waals surface area (Å²) in [6.45, 7) is 1.77. The average Bonchev–Trinajstić information content (AvgIpc) is 2.85. The van der Waals surface area contributed by atoms with Gasteiger partial charge in [-0.05, 0) is 32.1 Å². The maximum atomic E-state index is 12.2. The standard InChI is InChI=1S/C14H20N2O3/c1-16-7-6-10(9-16)14(17)15-12-8-11(18-2)4-5-13(12)19-3/h4-5,8,10H,6-7,9H2,1-3H3,(H,15,17). The first-order chi connectivity index (χ1) is 9.13. The minimum absolute atomic E-state index is 0.0379. The van der Waals surface area contributed by atoms with Crippen LogP contribution in [0.3, 0.4) is 0 Å². The highest BCUT2D eigenvalue weighted by molar-refractivity contribution is 5.94. The van der Waals surface area contributed by atoms with Gasteiger partial charge < -0.3 is 19.7 Å². The fourth-order valence-electron chi connectivity index (χ4n) is 2.30. The summed E-state index contributed by atoms with van der Waals surface area (Å²) < 4.78 is 10.4. The lowest BCUT2D eigenvalue weighted by atomic mass is 10.1. The van der Waals surface area contributed by atoms with Gasteiger partial charge in [0.2, 0.25) is 5.91 Å². The molecular formula is C14H20N2O3. The fraction of sp³-hybridized carbons (Fsp3) is 0.500. The molecule has 1 aliphatic rings. The summed E-state index contributed by atoms with van der Waals surface area (Å²) in [7, 11) is 5.21. The van der Waals surface area contributed by atoms with E-state index in [-0.39, 0.29) is 11.8 Å². The van der Waals surface area contributed by atoms with Crippen LogP contribution >= 0.6 is 0 Å². The molecule has 1 heterocycles. The van der Waals surface area contributed by atoms with Crippen molar-refractivity contribution in [1.82, 2.24) is 4.90 Å². The Balaban J connectivity index is 2.11. The van der Waals surface area contributed by atoms with Gasteiger partial charge in [0.25, 0.3) is 0 Å². The summed E-state index contributed by atoms with van der Waals surface area (Å²) in [5.41, 5.74) is 0.654. The van der Waals surface area contributed by atoms with E-state index in [1.807, 2.05) is 7.05 Å². The van der Waals surface area contributed by atoms with Crippen LogP contribution in [0.25, 0.3) is 0 Å². The van der Waals surface area contributed by atoms with E-state index >= 15 is 0 Å². The smallest absolute Gasteiger partial charge is 0.228 e. The Morgan fingerprint density at radius 2 is 2.16 bits per heavy atom. The fourth-order valence-corrected chi connectivity index (χ4v) is 2.30. The Kier molecular flexibility index (Phi) is 4.27. The van der Waals surface area contributed by atoms with Crippen molar-refractivity contribution >= 4 is 11.6 Å². The van der Waals surface area contributed by atoms with E-state index in [9.17, 15) is 4.79 Å². The van der Waals surface area contributed by atoms with Crippen molar-refractivity contribution in [1.29, 1.82) is 0 Å². The van der Waals surface area contributed by atoms with Gasteiger partial charge in [-0.2, -0.15) is 0 Å². The van der Waals surface area contributed by atoms with Crippen molar-refractivity contribution in [3.63, 3.8) is 0 Å². The first-order valence-electron chi connectivity index (χ1n) is 6.35. The lowest BCUT2D eigenvalue weighted by Crippen LogP contribution is -2.25. The van der Waals surface area contributed by atoms with Crippen LogP contribution in [0.15, 0.2) is 18.2 Å². The number of carbonyl (C=O) groups excluding carboxylic acids is 1. The highest BCUT2D eigenvalue weighted by atomic mass is 16.5. The molecule has 0 spiro atoms. The van der Waals surface area contributed by atoms with E-state index in [1.165, 1.54) is 0 Å². The molecule has 1 aliphatic heterocycles. The van der Waals surface area contributed by atoms with E-state index in [2.05, 4.69) is 10.2 Å². The number of nitrogens with zero attached hydrogens (tertiary/aromatic N) is 1. The Labute approximate surface area is 113 Å². The van der Waals surface area contributed by atoms with Crippen molar-refractivity contribution < 1.29 is 14.3 Å². The normalized spacial score (nSPS) is 19.2. The van der Waals surface area contributed by atoms with Gasteiger partial charge in [-0.1, -0.05) is 0 Å². The second-order valence-electron chi connectivity index (χ2n) is 4.80. The van der Waals surface area contributed by atoms with Crippen LogP contribution in [0.2, 0.25) is 0 Å². The maximum Gasteiger partial charge on any atom is 0.228 e. The van der Waals surface area contributed by atoms with Crippen LogP contribution in [0.5, 0.6) is 11.5 Å². The molecule has 0 radical (unpaired) electrons. The minimum Gasteiger partial charge on any atom is -0.497 e. The summed E-state index contributed by atoms with van der Waals surface area (Å²) in [5, 5.41) is 2.93. The third kappa shape index (κ3) is 3.17.